The van der Waals surface area contributed by atoms with Crippen LogP contribution in [0.3, 0.4) is 0 Å². The Balaban J connectivity index is 2.80. The molecule has 0 aliphatic carbocycles. The third-order valence-corrected chi connectivity index (χ3v) is 3.68. The Hall–Kier alpha value is -0.960. The fourth-order valence-electron chi connectivity index (χ4n) is 1.40. The van der Waals surface area contributed by atoms with Gasteiger partial charge in [0.25, 0.3) is 20.0 Å². The molecule has 18 heavy (non-hydrogen) atoms. The number of methoxy groups -OCH3 is 1. The van der Waals surface area contributed by atoms with Crippen molar-refractivity contribution in [3.05, 3.63) is 16.4 Å². The number of hydrogen-bond acceptors (Lipinski definition) is 6. The number of aromatic nitrogens is 4. The van der Waals surface area contributed by atoms with Crippen molar-refractivity contribution in [3.63, 3.8) is 0 Å². The third kappa shape index (κ3) is 2.28. The van der Waals surface area contributed by atoms with Crippen molar-refractivity contribution in [2.75, 3.05) is 7.11 Å². The molecule has 0 aliphatic rings. The molecule has 2 aromatic rings. The Morgan fingerprint density at radius 1 is 1.39 bits per heavy atom. The van der Waals surface area contributed by atoms with Crippen LogP contribution < -0.4 is 0 Å². The summed E-state index contributed by atoms with van der Waals surface area (Å²) in [5.74, 6) is 0.100. The standard InChI is InChI=1S/C8H8Cl2N4O3S/c1-4-6(9)5(3-17-2)14-7(11-4)12-8(13-14)18(10,15)16/h3H2,1-2H3. The molecule has 0 N–H and O–H groups in total. The van der Waals surface area contributed by atoms with Crippen molar-refractivity contribution >= 4 is 37.1 Å². The molecule has 0 aromatic carbocycles. The van der Waals surface area contributed by atoms with Crippen LogP contribution in [0.4, 0.5) is 0 Å². The maximum absolute atomic E-state index is 11.2. The van der Waals surface area contributed by atoms with Gasteiger partial charge in [0.2, 0.25) is 0 Å². The van der Waals surface area contributed by atoms with Crippen LogP contribution in [0.15, 0.2) is 5.16 Å². The molecule has 0 amide bonds. The number of aryl methyl sites for hydroxylation is 1. The van der Waals surface area contributed by atoms with Crippen molar-refractivity contribution in [3.8, 4) is 0 Å². The lowest BCUT2D eigenvalue weighted by Crippen LogP contribution is -2.05. The Kier molecular flexibility index (Phi) is 3.45. The second-order valence-corrected chi connectivity index (χ2v) is 6.27. The van der Waals surface area contributed by atoms with Gasteiger partial charge < -0.3 is 4.74 Å². The highest BCUT2D eigenvalue weighted by Gasteiger charge is 2.21. The Morgan fingerprint density at radius 3 is 2.61 bits per heavy atom. The van der Waals surface area contributed by atoms with E-state index in [4.69, 9.17) is 27.0 Å². The van der Waals surface area contributed by atoms with Crippen LogP contribution in [-0.4, -0.2) is 35.1 Å². The first-order chi connectivity index (χ1) is 8.34. The minimum atomic E-state index is -4.02. The molecular formula is C8H8Cl2N4O3S. The number of ether oxygens (including phenoxy) is 1. The lowest BCUT2D eigenvalue weighted by molar-refractivity contribution is 0.179. The first-order valence-corrected chi connectivity index (χ1v) is 7.38. The molecule has 2 heterocycles. The Labute approximate surface area is 112 Å². The third-order valence-electron chi connectivity index (χ3n) is 2.16. The number of nitrogens with zero attached hydrogens (tertiary/aromatic N) is 4. The van der Waals surface area contributed by atoms with Crippen molar-refractivity contribution in [1.82, 2.24) is 19.6 Å². The molecule has 0 spiro atoms. The molecule has 2 rings (SSSR count). The smallest absolute Gasteiger partial charge is 0.298 e. The van der Waals surface area contributed by atoms with E-state index in [0.717, 1.165) is 0 Å². The first-order valence-electron chi connectivity index (χ1n) is 4.70. The van der Waals surface area contributed by atoms with Crippen LogP contribution in [0.1, 0.15) is 11.4 Å². The van der Waals surface area contributed by atoms with Gasteiger partial charge in [0.1, 0.15) is 0 Å². The van der Waals surface area contributed by atoms with Gasteiger partial charge in [-0.15, -0.1) is 5.10 Å². The topological polar surface area (TPSA) is 86.5 Å². The molecular weight excluding hydrogens is 303 g/mol. The highest BCUT2D eigenvalue weighted by atomic mass is 35.7. The van der Waals surface area contributed by atoms with Crippen LogP contribution in [0.2, 0.25) is 5.02 Å². The minimum Gasteiger partial charge on any atom is -0.378 e. The maximum Gasteiger partial charge on any atom is 0.298 e. The largest absolute Gasteiger partial charge is 0.378 e. The number of fused-ring (bicyclic) bond motifs is 1. The van der Waals surface area contributed by atoms with E-state index in [9.17, 15) is 8.42 Å². The second-order valence-electron chi connectivity index (χ2n) is 3.43. The highest BCUT2D eigenvalue weighted by molar-refractivity contribution is 8.13. The molecule has 98 valence electrons. The van der Waals surface area contributed by atoms with Gasteiger partial charge in [-0.3, -0.25) is 0 Å². The van der Waals surface area contributed by atoms with Gasteiger partial charge in [-0.05, 0) is 6.92 Å². The van der Waals surface area contributed by atoms with Crippen molar-refractivity contribution in [1.29, 1.82) is 0 Å². The fraction of sp³-hybridized carbons (Fsp3) is 0.375. The van der Waals surface area contributed by atoms with Crippen LogP contribution in [0.5, 0.6) is 0 Å². The van der Waals surface area contributed by atoms with E-state index in [1.807, 2.05) is 0 Å². The van der Waals surface area contributed by atoms with E-state index in [1.165, 1.54) is 11.6 Å². The first kappa shape index (κ1) is 13.5. The van der Waals surface area contributed by atoms with Gasteiger partial charge >= 0.3 is 0 Å². The van der Waals surface area contributed by atoms with Crippen LogP contribution in [-0.2, 0) is 20.4 Å². The van der Waals surface area contributed by atoms with Crippen molar-refractivity contribution in [2.24, 2.45) is 0 Å². The summed E-state index contributed by atoms with van der Waals surface area (Å²) in [4.78, 5) is 7.77. The number of rotatable bonds is 3. The summed E-state index contributed by atoms with van der Waals surface area (Å²) in [6.45, 7) is 1.81. The lowest BCUT2D eigenvalue weighted by atomic mass is 10.3. The van der Waals surface area contributed by atoms with Crippen molar-refractivity contribution < 1.29 is 13.2 Å². The van der Waals surface area contributed by atoms with Crippen LogP contribution in [0, 0.1) is 6.92 Å². The zero-order chi connectivity index (χ0) is 13.5. The summed E-state index contributed by atoms with van der Waals surface area (Å²) >= 11 is 6.06. The van der Waals surface area contributed by atoms with E-state index < -0.39 is 14.2 Å². The molecule has 0 aliphatic heterocycles. The number of hydrogen-bond donors (Lipinski definition) is 0. The average Bonchev–Trinajstić information content (AvgIpc) is 2.68. The molecule has 0 fully saturated rings. The molecule has 10 heteroatoms. The molecule has 0 atom stereocenters. The molecule has 2 aromatic heterocycles. The summed E-state index contributed by atoms with van der Waals surface area (Å²) in [7, 11) is 2.64. The van der Waals surface area contributed by atoms with Gasteiger partial charge in [-0.2, -0.15) is 9.50 Å². The van der Waals surface area contributed by atoms with Crippen LogP contribution >= 0.6 is 22.3 Å². The summed E-state index contributed by atoms with van der Waals surface area (Å²) in [6, 6.07) is 0. The molecule has 0 saturated heterocycles. The monoisotopic (exact) mass is 310 g/mol. The summed E-state index contributed by atoms with van der Waals surface area (Å²) in [5, 5.41) is 3.59. The normalized spacial score (nSPS) is 12.2. The van der Waals surface area contributed by atoms with E-state index in [1.54, 1.807) is 6.92 Å². The zero-order valence-electron chi connectivity index (χ0n) is 9.38. The van der Waals surface area contributed by atoms with Gasteiger partial charge in [0, 0.05) is 17.8 Å². The van der Waals surface area contributed by atoms with E-state index in [0.29, 0.717) is 16.4 Å². The average molecular weight is 311 g/mol. The fourth-order valence-corrected chi connectivity index (χ4v) is 2.15. The summed E-state index contributed by atoms with van der Waals surface area (Å²) in [5.41, 5.74) is 0.961. The SMILES string of the molecule is COCc1c(Cl)c(C)nc2nc(S(=O)(=O)Cl)nn12. The number of halogens is 2. The predicted molar refractivity (Wildman–Crippen MR) is 64.3 cm³/mol. The summed E-state index contributed by atoms with van der Waals surface area (Å²) in [6.07, 6.45) is 0. The van der Waals surface area contributed by atoms with E-state index in [2.05, 4.69) is 15.1 Å². The van der Waals surface area contributed by atoms with Gasteiger partial charge in [0.15, 0.2) is 0 Å². The van der Waals surface area contributed by atoms with Crippen LogP contribution in [0.25, 0.3) is 5.78 Å². The molecule has 0 saturated carbocycles. The maximum atomic E-state index is 11.2. The second kappa shape index (κ2) is 4.61. The van der Waals surface area contributed by atoms with Gasteiger partial charge in [-0.1, -0.05) is 11.6 Å². The van der Waals surface area contributed by atoms with Crippen molar-refractivity contribution in [2.45, 2.75) is 18.7 Å². The predicted octanol–water partition coefficient (Wildman–Crippen LogP) is 1.16. The lowest BCUT2D eigenvalue weighted by Gasteiger charge is -2.06. The molecule has 0 unspecified atom stereocenters. The van der Waals surface area contributed by atoms with E-state index >= 15 is 0 Å². The van der Waals surface area contributed by atoms with E-state index in [-0.39, 0.29) is 12.4 Å². The molecule has 0 bridgehead atoms. The zero-order valence-corrected chi connectivity index (χ0v) is 11.7. The minimum absolute atomic E-state index is 0.100. The summed E-state index contributed by atoms with van der Waals surface area (Å²) < 4.78 is 28.5. The quantitative estimate of drug-likeness (QED) is 0.791. The Bertz CT molecular complexity index is 713. The highest BCUT2D eigenvalue weighted by Crippen LogP contribution is 2.21. The molecule has 0 radical (unpaired) electrons. The molecule has 7 nitrogen and oxygen atoms in total. The van der Waals surface area contributed by atoms with Gasteiger partial charge in [0.05, 0.1) is 23.0 Å². The Morgan fingerprint density at radius 2 is 2.06 bits per heavy atom. The van der Waals surface area contributed by atoms with Gasteiger partial charge in [-0.25, -0.2) is 13.4 Å².